The van der Waals surface area contributed by atoms with Gasteiger partial charge in [-0.25, -0.2) is 5.84 Å². The van der Waals surface area contributed by atoms with Crippen molar-refractivity contribution < 1.29 is 4.79 Å². The Labute approximate surface area is 67.3 Å². The second-order valence-corrected chi connectivity index (χ2v) is 3.55. The quantitative estimate of drug-likeness (QED) is 0.361. The van der Waals surface area contributed by atoms with Gasteiger partial charge in [-0.2, -0.15) is 0 Å². The lowest BCUT2D eigenvalue weighted by Crippen LogP contribution is -2.31. The van der Waals surface area contributed by atoms with Gasteiger partial charge >= 0.3 is 0 Å². The molecular formula is C8H16N2O. The zero-order valence-electron chi connectivity index (χ0n) is 6.97. The monoisotopic (exact) mass is 156 g/mol. The fraction of sp³-hybridized carbons (Fsp3) is 0.875. The Morgan fingerprint density at radius 1 is 1.64 bits per heavy atom. The molecule has 1 fully saturated rings. The number of nitrogens with one attached hydrogen (secondary N) is 1. The van der Waals surface area contributed by atoms with E-state index < -0.39 is 0 Å². The zero-order chi connectivity index (χ0) is 8.27. The summed E-state index contributed by atoms with van der Waals surface area (Å²) < 4.78 is 0. The molecule has 1 aliphatic carbocycles. The number of hydrogen-bond acceptors (Lipinski definition) is 2. The lowest BCUT2D eigenvalue weighted by molar-refractivity contribution is -0.121. The maximum atomic E-state index is 10.7. The van der Waals surface area contributed by atoms with E-state index in [2.05, 4.69) is 12.3 Å². The molecule has 0 radical (unpaired) electrons. The Hall–Kier alpha value is -0.570. The third-order valence-electron chi connectivity index (χ3n) is 2.41. The van der Waals surface area contributed by atoms with Crippen molar-refractivity contribution in [1.82, 2.24) is 5.43 Å². The lowest BCUT2D eigenvalue weighted by atomic mass is 9.74. The van der Waals surface area contributed by atoms with Crippen molar-refractivity contribution in [2.24, 2.45) is 17.7 Å². The van der Waals surface area contributed by atoms with E-state index in [1.807, 2.05) is 0 Å². The van der Waals surface area contributed by atoms with Crippen LogP contribution in [0.4, 0.5) is 0 Å². The van der Waals surface area contributed by atoms with Crippen LogP contribution in [0.1, 0.15) is 32.6 Å². The fourth-order valence-corrected chi connectivity index (χ4v) is 1.71. The van der Waals surface area contributed by atoms with Crippen LogP contribution >= 0.6 is 0 Å². The van der Waals surface area contributed by atoms with Crippen molar-refractivity contribution in [2.45, 2.75) is 32.6 Å². The summed E-state index contributed by atoms with van der Waals surface area (Å²) in [5.41, 5.74) is 2.14. The second-order valence-electron chi connectivity index (χ2n) is 3.55. The minimum atomic E-state index is -0.0375. The third kappa shape index (κ3) is 2.50. The van der Waals surface area contributed by atoms with Crippen molar-refractivity contribution in [3.05, 3.63) is 0 Å². The van der Waals surface area contributed by atoms with Gasteiger partial charge in [0, 0.05) is 6.42 Å². The molecular weight excluding hydrogens is 140 g/mol. The molecule has 1 rings (SSSR count). The van der Waals surface area contributed by atoms with E-state index in [0.29, 0.717) is 6.42 Å². The fourth-order valence-electron chi connectivity index (χ4n) is 1.71. The van der Waals surface area contributed by atoms with Gasteiger partial charge in [-0.1, -0.05) is 6.92 Å². The molecule has 0 atom stereocenters. The first kappa shape index (κ1) is 8.53. The normalized spacial score (nSPS) is 29.3. The van der Waals surface area contributed by atoms with E-state index in [-0.39, 0.29) is 5.91 Å². The Morgan fingerprint density at radius 3 is 2.73 bits per heavy atom. The van der Waals surface area contributed by atoms with Crippen molar-refractivity contribution in [1.29, 1.82) is 0 Å². The minimum absolute atomic E-state index is 0.0375. The SMILES string of the molecule is C[C@H]1C[C@@H](CCC(=O)NN)C1. The Bertz CT molecular complexity index is 141. The van der Waals surface area contributed by atoms with Crippen LogP contribution in [-0.4, -0.2) is 5.91 Å². The van der Waals surface area contributed by atoms with Crippen LogP contribution < -0.4 is 11.3 Å². The first-order valence-electron chi connectivity index (χ1n) is 4.21. The minimum Gasteiger partial charge on any atom is -0.294 e. The number of hydrogen-bond donors (Lipinski definition) is 2. The first-order chi connectivity index (χ1) is 5.22. The molecule has 0 spiro atoms. The molecule has 3 heteroatoms. The van der Waals surface area contributed by atoms with Crippen LogP contribution in [0.25, 0.3) is 0 Å². The van der Waals surface area contributed by atoms with Crippen LogP contribution in [0, 0.1) is 11.8 Å². The predicted octanol–water partition coefficient (Wildman–Crippen LogP) is 0.803. The molecule has 0 bridgehead atoms. The van der Waals surface area contributed by atoms with E-state index in [1.165, 1.54) is 12.8 Å². The Morgan fingerprint density at radius 2 is 2.27 bits per heavy atom. The van der Waals surface area contributed by atoms with E-state index >= 15 is 0 Å². The summed E-state index contributed by atoms with van der Waals surface area (Å²) in [5, 5.41) is 0. The molecule has 3 N–H and O–H groups in total. The summed E-state index contributed by atoms with van der Waals surface area (Å²) in [6, 6.07) is 0. The number of rotatable bonds is 3. The molecule has 1 amide bonds. The summed E-state index contributed by atoms with van der Waals surface area (Å²) in [6.07, 6.45) is 4.18. The summed E-state index contributed by atoms with van der Waals surface area (Å²) in [4.78, 5) is 10.7. The zero-order valence-corrected chi connectivity index (χ0v) is 6.97. The molecule has 0 aromatic carbocycles. The van der Waals surface area contributed by atoms with Gasteiger partial charge in [0.2, 0.25) is 5.91 Å². The molecule has 11 heavy (non-hydrogen) atoms. The van der Waals surface area contributed by atoms with E-state index in [9.17, 15) is 4.79 Å². The van der Waals surface area contributed by atoms with Crippen molar-refractivity contribution >= 4 is 5.91 Å². The molecule has 3 nitrogen and oxygen atoms in total. The average Bonchev–Trinajstić information content (AvgIpc) is 1.95. The van der Waals surface area contributed by atoms with E-state index in [0.717, 1.165) is 18.3 Å². The second kappa shape index (κ2) is 3.72. The van der Waals surface area contributed by atoms with Crippen molar-refractivity contribution in [3.8, 4) is 0 Å². The highest BCUT2D eigenvalue weighted by molar-refractivity contribution is 5.75. The molecule has 0 aromatic rings. The van der Waals surface area contributed by atoms with Crippen LogP contribution in [0.5, 0.6) is 0 Å². The van der Waals surface area contributed by atoms with Crippen LogP contribution in [0.15, 0.2) is 0 Å². The summed E-state index contributed by atoms with van der Waals surface area (Å²) in [5.74, 6) is 6.56. The van der Waals surface area contributed by atoms with Crippen molar-refractivity contribution in [2.75, 3.05) is 0 Å². The van der Waals surface area contributed by atoms with Gasteiger partial charge in [0.25, 0.3) is 0 Å². The van der Waals surface area contributed by atoms with Crippen LogP contribution in [0.2, 0.25) is 0 Å². The smallest absolute Gasteiger partial charge is 0.233 e. The molecule has 1 aliphatic rings. The Balaban J connectivity index is 2.00. The molecule has 64 valence electrons. The highest BCUT2D eigenvalue weighted by Gasteiger charge is 2.25. The maximum absolute atomic E-state index is 10.7. The van der Waals surface area contributed by atoms with Gasteiger partial charge in [0.05, 0.1) is 0 Å². The average molecular weight is 156 g/mol. The molecule has 0 saturated heterocycles. The summed E-state index contributed by atoms with van der Waals surface area (Å²) in [6.45, 7) is 2.25. The van der Waals surface area contributed by atoms with Gasteiger partial charge in [-0.3, -0.25) is 10.2 Å². The first-order valence-corrected chi connectivity index (χ1v) is 4.21. The van der Waals surface area contributed by atoms with Gasteiger partial charge < -0.3 is 0 Å². The van der Waals surface area contributed by atoms with Gasteiger partial charge in [0.1, 0.15) is 0 Å². The topological polar surface area (TPSA) is 55.1 Å². The van der Waals surface area contributed by atoms with E-state index in [4.69, 9.17) is 5.84 Å². The van der Waals surface area contributed by atoms with Gasteiger partial charge in [-0.15, -0.1) is 0 Å². The Kier molecular flexibility index (Phi) is 2.88. The number of amides is 1. The predicted molar refractivity (Wildman–Crippen MR) is 43.5 cm³/mol. The number of carbonyl (C=O) groups is 1. The van der Waals surface area contributed by atoms with Gasteiger partial charge in [-0.05, 0) is 31.1 Å². The highest BCUT2D eigenvalue weighted by atomic mass is 16.2. The van der Waals surface area contributed by atoms with Crippen LogP contribution in [-0.2, 0) is 4.79 Å². The standard InChI is InChI=1S/C8H16N2O/c1-6-4-7(5-6)2-3-8(11)10-9/h6-7H,2-5,9H2,1H3,(H,10,11)/t6-,7+. The largest absolute Gasteiger partial charge is 0.294 e. The molecule has 0 aromatic heterocycles. The number of nitrogens with two attached hydrogens (primary N) is 1. The highest BCUT2D eigenvalue weighted by Crippen LogP contribution is 2.35. The molecule has 0 unspecified atom stereocenters. The number of carbonyl (C=O) groups excluding carboxylic acids is 1. The maximum Gasteiger partial charge on any atom is 0.233 e. The van der Waals surface area contributed by atoms with E-state index in [1.54, 1.807) is 0 Å². The summed E-state index contributed by atoms with van der Waals surface area (Å²) >= 11 is 0. The third-order valence-corrected chi connectivity index (χ3v) is 2.41. The van der Waals surface area contributed by atoms with Gasteiger partial charge in [0.15, 0.2) is 0 Å². The molecule has 0 heterocycles. The van der Waals surface area contributed by atoms with Crippen LogP contribution in [0.3, 0.4) is 0 Å². The lowest BCUT2D eigenvalue weighted by Gasteiger charge is -2.32. The molecule has 0 aliphatic heterocycles. The molecule has 1 saturated carbocycles. The summed E-state index contributed by atoms with van der Waals surface area (Å²) in [7, 11) is 0. The van der Waals surface area contributed by atoms with Crippen molar-refractivity contribution in [3.63, 3.8) is 0 Å². The number of hydrazine groups is 1.